The van der Waals surface area contributed by atoms with Crippen molar-refractivity contribution in [2.75, 3.05) is 37.6 Å². The van der Waals surface area contributed by atoms with E-state index in [1.165, 1.54) is 0 Å². The van der Waals surface area contributed by atoms with E-state index in [9.17, 15) is 14.4 Å². The van der Waals surface area contributed by atoms with Crippen molar-refractivity contribution in [2.45, 2.75) is 12.8 Å². The molecule has 31 heavy (non-hydrogen) atoms. The molecule has 0 bridgehead atoms. The van der Waals surface area contributed by atoms with Crippen LogP contribution in [0, 0.1) is 5.92 Å². The molecule has 4 rings (SSSR count). The van der Waals surface area contributed by atoms with E-state index in [-0.39, 0.29) is 18.4 Å². The van der Waals surface area contributed by atoms with Crippen LogP contribution in [0.15, 0.2) is 52.0 Å². The van der Waals surface area contributed by atoms with Gasteiger partial charge in [0, 0.05) is 54.3 Å². The van der Waals surface area contributed by atoms with Gasteiger partial charge < -0.3 is 9.80 Å². The van der Waals surface area contributed by atoms with Crippen LogP contribution in [0.3, 0.4) is 0 Å². The third kappa shape index (κ3) is 4.91. The first-order chi connectivity index (χ1) is 14.9. The summed E-state index contributed by atoms with van der Waals surface area (Å²) >= 11 is 9.30. The van der Waals surface area contributed by atoms with E-state index in [2.05, 4.69) is 25.8 Å². The van der Waals surface area contributed by atoms with Crippen molar-refractivity contribution in [1.29, 1.82) is 0 Å². The zero-order chi connectivity index (χ0) is 22.0. The van der Waals surface area contributed by atoms with Crippen molar-refractivity contribution < 1.29 is 14.4 Å². The minimum Gasteiger partial charge on any atom is -0.368 e. The molecule has 2 heterocycles. The molecule has 1 fully saturated rings. The molecule has 0 N–H and O–H groups in total. The maximum absolute atomic E-state index is 12.7. The number of allylic oxidation sites excluding steroid dienone is 3. The lowest BCUT2D eigenvalue weighted by molar-refractivity contribution is -0.133. The van der Waals surface area contributed by atoms with Crippen molar-refractivity contribution in [3.05, 3.63) is 52.0 Å². The van der Waals surface area contributed by atoms with Gasteiger partial charge in [0.25, 0.3) is 0 Å². The van der Waals surface area contributed by atoms with E-state index in [4.69, 9.17) is 11.6 Å². The second-order valence-corrected chi connectivity index (χ2v) is 8.97. The number of halogens is 2. The summed E-state index contributed by atoms with van der Waals surface area (Å²) in [5, 5.41) is 0.703. The average Bonchev–Trinajstić information content (AvgIpc) is 2.77. The molecule has 1 saturated heterocycles. The largest absolute Gasteiger partial charge is 0.368 e. The van der Waals surface area contributed by atoms with Crippen molar-refractivity contribution in [3.8, 4) is 0 Å². The summed E-state index contributed by atoms with van der Waals surface area (Å²) in [6.45, 7) is 2.99. The summed E-state index contributed by atoms with van der Waals surface area (Å²) in [4.78, 5) is 46.8. The molecule has 2 aliphatic heterocycles. The molecule has 1 aromatic carbocycles. The molecule has 0 radical (unpaired) electrons. The highest BCUT2D eigenvalue weighted by molar-refractivity contribution is 9.11. The molecule has 0 aromatic heterocycles. The molecular formula is C22H22BrClN4O3. The molecule has 4 amide bonds. The first-order valence-corrected chi connectivity index (χ1v) is 11.4. The van der Waals surface area contributed by atoms with Crippen LogP contribution in [0.25, 0.3) is 0 Å². The first-order valence-electron chi connectivity index (χ1n) is 10.2. The number of benzene rings is 1. The lowest BCUT2D eigenvalue weighted by atomic mass is 9.95. The van der Waals surface area contributed by atoms with Gasteiger partial charge in [-0.2, -0.15) is 4.99 Å². The highest BCUT2D eigenvalue weighted by atomic mass is 79.9. The molecule has 3 aliphatic rings. The van der Waals surface area contributed by atoms with Crippen LogP contribution in [-0.4, -0.2) is 66.1 Å². The molecule has 1 atom stereocenters. The maximum atomic E-state index is 12.7. The van der Waals surface area contributed by atoms with Gasteiger partial charge in [-0.3, -0.25) is 14.5 Å². The average molecular weight is 506 g/mol. The van der Waals surface area contributed by atoms with Gasteiger partial charge in [-0.15, -0.1) is 0 Å². The maximum Gasteiger partial charge on any atom is 0.350 e. The predicted molar refractivity (Wildman–Crippen MR) is 124 cm³/mol. The third-order valence-corrected chi connectivity index (χ3v) is 6.42. The van der Waals surface area contributed by atoms with Crippen molar-refractivity contribution >= 4 is 56.8 Å². The van der Waals surface area contributed by atoms with Crippen molar-refractivity contribution in [3.63, 3.8) is 0 Å². The molecule has 0 saturated carbocycles. The number of amides is 4. The topological polar surface area (TPSA) is 73.3 Å². The standard InChI is InChI=1S/C22H22BrClN4O3/c23-15-3-8-19-18(14-15)21(30)28(22(31)25-19)9-1-2-20(29)27-12-10-26(11-13-27)17-6-4-16(24)5-7-17/h3-8,14,18H,1-2,9-13H2. The smallest absolute Gasteiger partial charge is 0.350 e. The Balaban J connectivity index is 1.26. The fourth-order valence-corrected chi connectivity index (χ4v) is 4.45. The van der Waals surface area contributed by atoms with E-state index < -0.39 is 11.9 Å². The Morgan fingerprint density at radius 1 is 1.10 bits per heavy atom. The van der Waals surface area contributed by atoms with Crippen LogP contribution in [-0.2, 0) is 9.59 Å². The summed E-state index contributed by atoms with van der Waals surface area (Å²) in [6.07, 6.45) is 5.89. The van der Waals surface area contributed by atoms with Crippen molar-refractivity contribution in [1.82, 2.24) is 9.80 Å². The molecule has 162 valence electrons. The molecular weight excluding hydrogens is 484 g/mol. The number of imide groups is 1. The van der Waals surface area contributed by atoms with Gasteiger partial charge in [0.05, 0.1) is 5.71 Å². The van der Waals surface area contributed by atoms with Gasteiger partial charge >= 0.3 is 6.03 Å². The minimum atomic E-state index is -0.559. The lowest BCUT2D eigenvalue weighted by Gasteiger charge is -2.36. The molecule has 1 unspecified atom stereocenters. The SMILES string of the molecule is O=C(CCCN1C(=O)N=C2C=CC(Br)=CC2C1=O)N1CCN(c2ccc(Cl)cc2)CC1. The number of aliphatic imine (C=N–C) groups is 1. The Hall–Kier alpha value is -2.45. The van der Waals surface area contributed by atoms with Gasteiger partial charge in [0.1, 0.15) is 5.92 Å². The number of carbonyl (C=O) groups excluding carboxylic acids is 3. The summed E-state index contributed by atoms with van der Waals surface area (Å²) < 4.78 is 0.784. The van der Waals surface area contributed by atoms with E-state index in [0.29, 0.717) is 36.7 Å². The number of urea groups is 1. The Labute approximate surface area is 194 Å². The molecule has 9 heteroatoms. The fourth-order valence-electron chi connectivity index (χ4n) is 3.92. The van der Waals surface area contributed by atoms with E-state index in [1.807, 2.05) is 29.2 Å². The number of fused-ring (bicyclic) bond motifs is 1. The van der Waals surface area contributed by atoms with Crippen LogP contribution in [0.5, 0.6) is 0 Å². The van der Waals surface area contributed by atoms with Crippen LogP contribution in [0.1, 0.15) is 12.8 Å². The Morgan fingerprint density at radius 2 is 1.81 bits per heavy atom. The number of nitrogens with zero attached hydrogens (tertiary/aromatic N) is 4. The van der Waals surface area contributed by atoms with Crippen LogP contribution in [0.4, 0.5) is 10.5 Å². The predicted octanol–water partition coefficient (Wildman–Crippen LogP) is 3.64. The number of carbonyl (C=O) groups is 3. The Bertz CT molecular complexity index is 981. The van der Waals surface area contributed by atoms with Crippen LogP contribution in [0.2, 0.25) is 5.02 Å². The highest BCUT2D eigenvalue weighted by Crippen LogP contribution is 2.25. The zero-order valence-corrected chi connectivity index (χ0v) is 19.2. The van der Waals surface area contributed by atoms with E-state index >= 15 is 0 Å². The number of hydrogen-bond donors (Lipinski definition) is 0. The fraction of sp³-hybridized carbons (Fsp3) is 0.364. The van der Waals surface area contributed by atoms with E-state index in [0.717, 1.165) is 28.2 Å². The quantitative estimate of drug-likeness (QED) is 0.612. The van der Waals surface area contributed by atoms with Crippen LogP contribution >= 0.6 is 27.5 Å². The van der Waals surface area contributed by atoms with Crippen LogP contribution < -0.4 is 4.90 Å². The van der Waals surface area contributed by atoms with Gasteiger partial charge in [0.2, 0.25) is 11.8 Å². The number of anilines is 1. The van der Waals surface area contributed by atoms with Gasteiger partial charge in [-0.05, 0) is 42.8 Å². The lowest BCUT2D eigenvalue weighted by Crippen LogP contribution is -2.49. The summed E-state index contributed by atoms with van der Waals surface area (Å²) in [6, 6.07) is 7.13. The normalized spacial score (nSPS) is 21.1. The number of hydrogen-bond acceptors (Lipinski definition) is 4. The monoisotopic (exact) mass is 504 g/mol. The zero-order valence-electron chi connectivity index (χ0n) is 16.8. The molecule has 1 aromatic rings. The Morgan fingerprint density at radius 3 is 2.52 bits per heavy atom. The number of rotatable bonds is 5. The molecule has 1 aliphatic carbocycles. The summed E-state index contributed by atoms with van der Waals surface area (Å²) in [5.74, 6) is -0.797. The molecule has 7 nitrogen and oxygen atoms in total. The van der Waals surface area contributed by atoms with Crippen molar-refractivity contribution in [2.24, 2.45) is 10.9 Å². The highest BCUT2D eigenvalue weighted by Gasteiger charge is 2.36. The third-order valence-electron chi connectivity index (χ3n) is 5.64. The van der Waals surface area contributed by atoms with Gasteiger partial charge in [-0.1, -0.05) is 33.6 Å². The Kier molecular flexibility index (Phi) is 6.57. The second-order valence-electron chi connectivity index (χ2n) is 7.62. The first kappa shape index (κ1) is 21.8. The molecule has 0 spiro atoms. The second kappa shape index (κ2) is 9.36. The van der Waals surface area contributed by atoms with Gasteiger partial charge in [-0.25, -0.2) is 4.79 Å². The number of piperazine rings is 1. The summed E-state index contributed by atoms with van der Waals surface area (Å²) in [5.41, 5.74) is 1.56. The van der Waals surface area contributed by atoms with E-state index in [1.54, 1.807) is 18.2 Å². The summed E-state index contributed by atoms with van der Waals surface area (Å²) in [7, 11) is 0. The minimum absolute atomic E-state index is 0.0418. The van der Waals surface area contributed by atoms with Gasteiger partial charge in [0.15, 0.2) is 0 Å².